The molecule has 0 unspecified atom stereocenters. The standard InChI is InChI=1S/C23H28FN3O4/c1-23(2,3)31-22(29)27-14-18(30-4)12-19(27)21(28)26-20-9-8-16(13-25-20)10-15-6-5-7-17(24)11-15/h5-9,11,13,18-19H,10,12,14H2,1-4H3,(H,25,26,28)/t18-,19-/m0/s1. The molecule has 1 aliphatic heterocycles. The van der Waals surface area contributed by atoms with Crippen molar-refractivity contribution >= 4 is 17.8 Å². The van der Waals surface area contributed by atoms with Crippen LogP contribution >= 0.6 is 0 Å². The van der Waals surface area contributed by atoms with Crippen LogP contribution in [-0.2, 0) is 20.7 Å². The van der Waals surface area contributed by atoms with E-state index in [4.69, 9.17) is 9.47 Å². The van der Waals surface area contributed by atoms with Gasteiger partial charge in [0.25, 0.3) is 0 Å². The molecule has 0 saturated carbocycles. The summed E-state index contributed by atoms with van der Waals surface area (Å²) in [5.74, 6) is -0.261. The molecule has 2 aromatic rings. The van der Waals surface area contributed by atoms with Crippen LogP contribution in [0.5, 0.6) is 0 Å². The van der Waals surface area contributed by atoms with Crippen LogP contribution in [0.1, 0.15) is 38.3 Å². The minimum Gasteiger partial charge on any atom is -0.444 e. The summed E-state index contributed by atoms with van der Waals surface area (Å²) in [5.41, 5.74) is 1.06. The number of nitrogens with zero attached hydrogens (tertiary/aromatic N) is 2. The van der Waals surface area contributed by atoms with Crippen LogP contribution in [0.25, 0.3) is 0 Å². The zero-order chi connectivity index (χ0) is 22.6. The Balaban J connectivity index is 1.65. The SMILES string of the molecule is CO[C@H]1C[C@@H](C(=O)Nc2ccc(Cc3cccc(F)c3)cn2)N(C(=O)OC(C)(C)C)C1. The Morgan fingerprint density at radius 2 is 2.00 bits per heavy atom. The molecule has 2 heterocycles. The number of amides is 2. The number of hydrogen-bond donors (Lipinski definition) is 1. The maximum Gasteiger partial charge on any atom is 0.411 e. The van der Waals surface area contributed by atoms with Crippen molar-refractivity contribution in [1.82, 2.24) is 9.88 Å². The van der Waals surface area contributed by atoms with E-state index in [1.165, 1.54) is 17.0 Å². The monoisotopic (exact) mass is 429 g/mol. The molecule has 0 aliphatic carbocycles. The number of ether oxygens (including phenoxy) is 2. The smallest absolute Gasteiger partial charge is 0.411 e. The molecule has 1 saturated heterocycles. The number of pyridine rings is 1. The number of hydrogen-bond acceptors (Lipinski definition) is 5. The van der Waals surface area contributed by atoms with Gasteiger partial charge in [0.05, 0.1) is 12.6 Å². The summed E-state index contributed by atoms with van der Waals surface area (Å²) in [6.07, 6.45) is 1.75. The second-order valence-corrected chi connectivity index (χ2v) is 8.59. The normalized spacial score (nSPS) is 18.7. The molecule has 31 heavy (non-hydrogen) atoms. The van der Waals surface area contributed by atoms with Gasteiger partial charge in [-0.05, 0) is 56.5 Å². The van der Waals surface area contributed by atoms with Gasteiger partial charge in [-0.25, -0.2) is 14.2 Å². The minimum atomic E-state index is -0.714. The molecule has 2 atom stereocenters. The number of benzene rings is 1. The molecule has 2 amide bonds. The van der Waals surface area contributed by atoms with Crippen LogP contribution in [0.4, 0.5) is 15.0 Å². The number of anilines is 1. The van der Waals surface area contributed by atoms with E-state index in [2.05, 4.69) is 10.3 Å². The zero-order valence-corrected chi connectivity index (χ0v) is 18.2. The molecule has 0 radical (unpaired) electrons. The van der Waals surface area contributed by atoms with Gasteiger partial charge in [-0.1, -0.05) is 18.2 Å². The van der Waals surface area contributed by atoms with Gasteiger partial charge < -0.3 is 14.8 Å². The molecule has 1 aliphatic rings. The van der Waals surface area contributed by atoms with Crippen LogP contribution in [0, 0.1) is 5.82 Å². The van der Waals surface area contributed by atoms with Crippen molar-refractivity contribution in [2.24, 2.45) is 0 Å². The first kappa shape index (κ1) is 22.7. The number of methoxy groups -OCH3 is 1. The second-order valence-electron chi connectivity index (χ2n) is 8.59. The van der Waals surface area contributed by atoms with Gasteiger partial charge >= 0.3 is 6.09 Å². The lowest BCUT2D eigenvalue weighted by Crippen LogP contribution is -2.45. The molecule has 0 bridgehead atoms. The summed E-state index contributed by atoms with van der Waals surface area (Å²) < 4.78 is 24.1. The number of likely N-dealkylation sites (tertiary alicyclic amines) is 1. The van der Waals surface area contributed by atoms with Crippen LogP contribution < -0.4 is 5.32 Å². The summed E-state index contributed by atoms with van der Waals surface area (Å²) in [5, 5.41) is 2.76. The average Bonchev–Trinajstić information content (AvgIpc) is 3.13. The van der Waals surface area contributed by atoms with E-state index >= 15 is 0 Å². The van der Waals surface area contributed by atoms with E-state index in [-0.39, 0.29) is 24.4 Å². The van der Waals surface area contributed by atoms with Gasteiger partial charge in [0, 0.05) is 19.7 Å². The quantitative estimate of drug-likeness (QED) is 0.783. The molecular weight excluding hydrogens is 401 g/mol. The Kier molecular flexibility index (Phi) is 6.90. The van der Waals surface area contributed by atoms with Crippen LogP contribution in [0.2, 0.25) is 0 Å². The number of carbonyl (C=O) groups excluding carboxylic acids is 2. The fourth-order valence-electron chi connectivity index (χ4n) is 3.43. The summed E-state index contributed by atoms with van der Waals surface area (Å²) >= 11 is 0. The van der Waals surface area contributed by atoms with E-state index in [0.717, 1.165) is 11.1 Å². The Hall–Kier alpha value is -3.00. The molecule has 7 nitrogen and oxygen atoms in total. The Labute approximate surface area is 181 Å². The maximum atomic E-state index is 13.3. The van der Waals surface area contributed by atoms with Crippen molar-refractivity contribution in [3.05, 3.63) is 59.5 Å². The Morgan fingerprint density at radius 3 is 2.61 bits per heavy atom. The van der Waals surface area contributed by atoms with Crippen LogP contribution in [0.3, 0.4) is 0 Å². The van der Waals surface area contributed by atoms with Gasteiger partial charge in [-0.15, -0.1) is 0 Å². The van der Waals surface area contributed by atoms with Gasteiger partial charge in [0.2, 0.25) is 5.91 Å². The predicted molar refractivity (Wildman–Crippen MR) is 114 cm³/mol. The van der Waals surface area contributed by atoms with Gasteiger partial charge in [-0.3, -0.25) is 9.69 Å². The highest BCUT2D eigenvalue weighted by atomic mass is 19.1. The highest BCUT2D eigenvalue weighted by Crippen LogP contribution is 2.24. The van der Waals surface area contributed by atoms with E-state index in [1.807, 2.05) is 12.1 Å². The first-order valence-electron chi connectivity index (χ1n) is 10.2. The van der Waals surface area contributed by atoms with E-state index in [1.54, 1.807) is 46.2 Å². The largest absolute Gasteiger partial charge is 0.444 e. The van der Waals surface area contributed by atoms with Gasteiger partial charge in [0.1, 0.15) is 23.3 Å². The number of nitrogens with one attached hydrogen (secondary N) is 1. The summed E-state index contributed by atoms with van der Waals surface area (Å²) in [6, 6.07) is 9.19. The maximum absolute atomic E-state index is 13.3. The number of halogens is 1. The van der Waals surface area contributed by atoms with Crippen molar-refractivity contribution < 1.29 is 23.5 Å². The molecule has 1 N–H and O–H groups in total. The van der Waals surface area contributed by atoms with E-state index in [0.29, 0.717) is 18.7 Å². The van der Waals surface area contributed by atoms with Crippen molar-refractivity contribution in [2.45, 2.75) is 51.4 Å². The second kappa shape index (κ2) is 9.43. The number of carbonyl (C=O) groups is 2. The topological polar surface area (TPSA) is 80.8 Å². The Morgan fingerprint density at radius 1 is 1.23 bits per heavy atom. The average molecular weight is 429 g/mol. The number of aromatic nitrogens is 1. The van der Waals surface area contributed by atoms with Crippen molar-refractivity contribution in [3.8, 4) is 0 Å². The molecule has 3 rings (SSSR count). The minimum absolute atomic E-state index is 0.245. The van der Waals surface area contributed by atoms with Crippen molar-refractivity contribution in [1.29, 1.82) is 0 Å². The molecule has 1 fully saturated rings. The molecule has 0 spiro atoms. The fourth-order valence-corrected chi connectivity index (χ4v) is 3.43. The van der Waals surface area contributed by atoms with Gasteiger partial charge in [-0.2, -0.15) is 0 Å². The van der Waals surface area contributed by atoms with Crippen molar-refractivity contribution in [2.75, 3.05) is 19.0 Å². The van der Waals surface area contributed by atoms with Crippen molar-refractivity contribution in [3.63, 3.8) is 0 Å². The first-order valence-corrected chi connectivity index (χ1v) is 10.2. The lowest BCUT2D eigenvalue weighted by atomic mass is 10.1. The highest BCUT2D eigenvalue weighted by Gasteiger charge is 2.41. The number of rotatable bonds is 5. The van der Waals surface area contributed by atoms with Crippen LogP contribution in [-0.4, -0.2) is 53.3 Å². The van der Waals surface area contributed by atoms with E-state index in [9.17, 15) is 14.0 Å². The molecule has 8 heteroatoms. The summed E-state index contributed by atoms with van der Waals surface area (Å²) in [7, 11) is 1.55. The lowest BCUT2D eigenvalue weighted by molar-refractivity contribution is -0.120. The summed E-state index contributed by atoms with van der Waals surface area (Å²) in [4.78, 5) is 31.1. The van der Waals surface area contributed by atoms with E-state index < -0.39 is 17.7 Å². The molecule has 166 valence electrons. The lowest BCUT2D eigenvalue weighted by Gasteiger charge is -2.27. The summed E-state index contributed by atoms with van der Waals surface area (Å²) in [6.45, 7) is 5.61. The zero-order valence-electron chi connectivity index (χ0n) is 18.2. The third-order valence-corrected chi connectivity index (χ3v) is 4.90. The first-order chi connectivity index (χ1) is 14.6. The highest BCUT2D eigenvalue weighted by molar-refractivity contribution is 5.96. The fraction of sp³-hybridized carbons (Fsp3) is 0.435. The molecule has 1 aromatic heterocycles. The Bertz CT molecular complexity index is 927. The third-order valence-electron chi connectivity index (χ3n) is 4.90. The molecular formula is C23H28FN3O4. The molecule has 1 aromatic carbocycles. The van der Waals surface area contributed by atoms with Crippen LogP contribution in [0.15, 0.2) is 42.6 Å². The van der Waals surface area contributed by atoms with Gasteiger partial charge in [0.15, 0.2) is 0 Å². The predicted octanol–water partition coefficient (Wildman–Crippen LogP) is 3.77. The third kappa shape index (κ3) is 6.24.